The quantitative estimate of drug-likeness (QED) is 0.322. The number of pyridine rings is 1. The predicted octanol–water partition coefficient (Wildman–Crippen LogP) is 4.32. The maximum absolute atomic E-state index is 14.3. The van der Waals surface area contributed by atoms with Gasteiger partial charge in [0.2, 0.25) is 21.8 Å². The molecular formula is C38H48N6O7S. The minimum atomic E-state index is -3.83. The third-order valence-corrected chi connectivity index (χ3v) is 12.9. The number of aromatic nitrogens is 3. The summed E-state index contributed by atoms with van der Waals surface area (Å²) in [6, 6.07) is 7.55. The van der Waals surface area contributed by atoms with Crippen LogP contribution in [-0.4, -0.2) is 83.4 Å². The van der Waals surface area contributed by atoms with Gasteiger partial charge < -0.3 is 19.7 Å². The largest absolute Gasteiger partial charge is 0.496 e. The number of sulfonamides is 1. The van der Waals surface area contributed by atoms with Crippen molar-refractivity contribution in [3.63, 3.8) is 0 Å². The second-order valence-corrected chi connectivity index (χ2v) is 17.1. The van der Waals surface area contributed by atoms with Crippen molar-refractivity contribution in [1.82, 2.24) is 29.7 Å². The number of methoxy groups -OCH3 is 1. The van der Waals surface area contributed by atoms with Crippen LogP contribution in [0.4, 0.5) is 0 Å². The fraction of sp³-hybridized carbons (Fsp3) is 0.553. The first-order chi connectivity index (χ1) is 24.8. The van der Waals surface area contributed by atoms with Crippen LogP contribution in [-0.2, 0) is 24.4 Å². The first-order valence-electron chi connectivity index (χ1n) is 18.3. The molecule has 2 aromatic heterocycles. The third kappa shape index (κ3) is 6.89. The Morgan fingerprint density at radius 2 is 1.87 bits per heavy atom. The van der Waals surface area contributed by atoms with Crippen molar-refractivity contribution in [3.8, 4) is 17.3 Å². The van der Waals surface area contributed by atoms with Crippen LogP contribution in [0.2, 0.25) is 0 Å². The molecule has 5 atom stereocenters. The Kier molecular flexibility index (Phi) is 9.55. The van der Waals surface area contributed by atoms with Gasteiger partial charge in [-0.1, -0.05) is 26.0 Å². The van der Waals surface area contributed by atoms with E-state index in [9.17, 15) is 22.8 Å². The number of carbonyl (C=O) groups is 3. The number of hydrogen-bond acceptors (Lipinski definition) is 9. The molecule has 3 aromatic rings. The van der Waals surface area contributed by atoms with E-state index < -0.39 is 50.6 Å². The van der Waals surface area contributed by atoms with Crippen molar-refractivity contribution in [3.05, 3.63) is 53.9 Å². The van der Waals surface area contributed by atoms with Crippen LogP contribution < -0.4 is 19.5 Å². The van der Waals surface area contributed by atoms with Gasteiger partial charge in [0.1, 0.15) is 23.1 Å². The van der Waals surface area contributed by atoms with Gasteiger partial charge in [-0.25, -0.2) is 18.1 Å². The Balaban J connectivity index is 1.21. The van der Waals surface area contributed by atoms with Crippen molar-refractivity contribution >= 4 is 38.6 Å². The van der Waals surface area contributed by atoms with Gasteiger partial charge in [-0.3, -0.25) is 19.1 Å². The Morgan fingerprint density at radius 3 is 2.58 bits per heavy atom. The van der Waals surface area contributed by atoms with Gasteiger partial charge in [0, 0.05) is 42.7 Å². The number of ether oxygens (including phenoxy) is 2. The molecule has 4 aliphatic rings. The summed E-state index contributed by atoms with van der Waals surface area (Å²) in [7, 11) is -0.458. The second kappa shape index (κ2) is 13.8. The molecule has 3 saturated carbocycles. The van der Waals surface area contributed by atoms with Crippen LogP contribution in [0.25, 0.3) is 16.7 Å². The predicted molar refractivity (Wildman–Crippen MR) is 195 cm³/mol. The van der Waals surface area contributed by atoms with Crippen LogP contribution >= 0.6 is 0 Å². The summed E-state index contributed by atoms with van der Waals surface area (Å²) in [4.78, 5) is 48.6. The van der Waals surface area contributed by atoms with Crippen LogP contribution in [0.3, 0.4) is 0 Å². The molecule has 278 valence electrons. The third-order valence-electron chi connectivity index (χ3n) is 11.1. The van der Waals surface area contributed by atoms with Gasteiger partial charge in [0.15, 0.2) is 5.82 Å². The Hall–Kier alpha value is -4.46. The molecule has 7 rings (SSSR count). The highest BCUT2D eigenvalue weighted by atomic mass is 32.2. The number of rotatable bonds is 8. The van der Waals surface area contributed by atoms with Crippen LogP contribution in [0.15, 0.2) is 42.6 Å². The van der Waals surface area contributed by atoms with E-state index in [1.54, 1.807) is 23.7 Å². The van der Waals surface area contributed by atoms with E-state index in [1.165, 1.54) is 0 Å². The summed E-state index contributed by atoms with van der Waals surface area (Å²) in [5.74, 6) is -1.18. The zero-order valence-corrected chi connectivity index (χ0v) is 31.2. The van der Waals surface area contributed by atoms with Crippen molar-refractivity contribution in [2.24, 2.45) is 17.8 Å². The number of nitrogens with one attached hydrogen (secondary N) is 2. The molecular weight excluding hydrogens is 685 g/mol. The number of aryl methyl sites for hydroxylation is 1. The summed E-state index contributed by atoms with van der Waals surface area (Å²) >= 11 is 0. The van der Waals surface area contributed by atoms with E-state index in [1.807, 2.05) is 49.5 Å². The molecule has 52 heavy (non-hydrogen) atoms. The minimum absolute atomic E-state index is 0.153. The van der Waals surface area contributed by atoms with E-state index in [-0.39, 0.29) is 37.0 Å². The molecule has 3 aliphatic carbocycles. The minimum Gasteiger partial charge on any atom is -0.496 e. The molecule has 14 heteroatoms. The van der Waals surface area contributed by atoms with Crippen LogP contribution in [0.1, 0.15) is 82.4 Å². The molecule has 0 bridgehead atoms. The fourth-order valence-corrected chi connectivity index (χ4v) is 9.01. The van der Waals surface area contributed by atoms with Crippen LogP contribution in [0.5, 0.6) is 11.5 Å². The molecule has 13 nitrogen and oxygen atoms in total. The van der Waals surface area contributed by atoms with E-state index in [2.05, 4.69) is 23.9 Å². The molecule has 0 unspecified atom stereocenters. The number of nitrogens with zero attached hydrogens (tertiary/aromatic N) is 4. The Bertz CT molecular complexity index is 2040. The monoisotopic (exact) mass is 732 g/mol. The number of benzene rings is 1. The normalized spacial score (nSPS) is 27.4. The summed E-state index contributed by atoms with van der Waals surface area (Å²) in [5, 5.41) is 7.87. The first-order valence-corrected chi connectivity index (χ1v) is 19.9. The smallest absolute Gasteiger partial charge is 0.259 e. The second-order valence-electron chi connectivity index (χ2n) is 15.2. The average Bonchev–Trinajstić information content (AvgIpc) is 3.98. The highest BCUT2D eigenvalue weighted by molar-refractivity contribution is 7.91. The maximum Gasteiger partial charge on any atom is 0.259 e. The average molecular weight is 733 g/mol. The van der Waals surface area contributed by atoms with E-state index in [0.29, 0.717) is 42.2 Å². The Labute approximate surface area is 304 Å². The first kappa shape index (κ1) is 35.9. The van der Waals surface area contributed by atoms with Gasteiger partial charge in [-0.05, 0) is 82.4 Å². The summed E-state index contributed by atoms with van der Waals surface area (Å²) < 4.78 is 41.9. The van der Waals surface area contributed by atoms with Crippen molar-refractivity contribution in [1.29, 1.82) is 0 Å². The van der Waals surface area contributed by atoms with Gasteiger partial charge in [0.25, 0.3) is 5.91 Å². The summed E-state index contributed by atoms with van der Waals surface area (Å²) in [5.41, 5.74) is 1.03. The van der Waals surface area contributed by atoms with Crippen molar-refractivity contribution in [2.75, 3.05) is 20.7 Å². The molecule has 3 amide bonds. The number of amides is 3. The molecule has 1 aromatic carbocycles. The lowest BCUT2D eigenvalue weighted by Gasteiger charge is -2.26. The topological polar surface area (TPSA) is 162 Å². The SMILES string of the molecule is COc1ccc2c(O[C@@H]3C[C@H]4C(=O)N[C@]5(C(=O)NS(=O)(=O)C6CC6)C[C@@H]5/C=C\CCCCN(C)C(=O)[C@@H]4C3)cc(-n3ccc(C(C)C)n3)nc2c1C. The zero-order valence-electron chi connectivity index (χ0n) is 30.4. The summed E-state index contributed by atoms with van der Waals surface area (Å²) in [6.07, 6.45) is 9.42. The Morgan fingerprint density at radius 1 is 1.10 bits per heavy atom. The van der Waals surface area contributed by atoms with Gasteiger partial charge in [-0.2, -0.15) is 5.10 Å². The van der Waals surface area contributed by atoms with Crippen molar-refractivity contribution in [2.45, 2.75) is 94.9 Å². The number of carbonyl (C=O) groups excluding carboxylic acids is 3. The lowest BCUT2D eigenvalue weighted by atomic mass is 9.93. The fourth-order valence-electron chi connectivity index (χ4n) is 7.65. The number of allylic oxidation sites excluding steroid dienone is 1. The zero-order chi connectivity index (χ0) is 36.9. The molecule has 1 aliphatic heterocycles. The molecule has 2 N–H and O–H groups in total. The highest BCUT2D eigenvalue weighted by Gasteiger charge is 2.62. The summed E-state index contributed by atoms with van der Waals surface area (Å²) in [6.45, 7) is 6.64. The van der Waals surface area contributed by atoms with E-state index >= 15 is 0 Å². The van der Waals surface area contributed by atoms with E-state index in [0.717, 1.165) is 35.9 Å². The lowest BCUT2D eigenvalue weighted by Crippen LogP contribution is -2.54. The number of hydrogen-bond donors (Lipinski definition) is 2. The van der Waals surface area contributed by atoms with Gasteiger partial charge in [-0.15, -0.1) is 0 Å². The van der Waals surface area contributed by atoms with E-state index in [4.69, 9.17) is 19.6 Å². The van der Waals surface area contributed by atoms with Crippen LogP contribution in [0, 0.1) is 24.7 Å². The lowest BCUT2D eigenvalue weighted by molar-refractivity contribution is -0.140. The molecule has 0 spiro atoms. The molecule has 3 fully saturated rings. The standard InChI is InChI=1S/C38H48N6O7S/c1-22(2)30-15-17-44(41-30)33-20-32(27-13-14-31(50-5)23(3)34(27)39-33)51-25-18-28-29(19-25)36(46)43(4)16-9-7-6-8-10-24-21-38(24,40-35(28)45)37(47)42-52(48,49)26-11-12-26/h8,10,13-15,17,20,22,24-26,28-29H,6-7,9,11-12,16,18-19,21H2,1-5H3,(H,40,45)(H,42,47)/b10-8-/t24-,25+,28+,29+,38+/m0/s1. The highest BCUT2D eigenvalue weighted by Crippen LogP contribution is 2.47. The molecule has 3 heterocycles. The van der Waals surface area contributed by atoms with Crippen molar-refractivity contribution < 1.29 is 32.3 Å². The van der Waals surface area contributed by atoms with Gasteiger partial charge >= 0.3 is 0 Å². The van der Waals surface area contributed by atoms with Gasteiger partial charge in [0.05, 0.1) is 35.4 Å². The molecule has 0 saturated heterocycles. The maximum atomic E-state index is 14.3. The molecule has 0 radical (unpaired) electrons. The number of fused-ring (bicyclic) bond motifs is 3.